The lowest BCUT2D eigenvalue weighted by molar-refractivity contribution is -0.385. The Labute approximate surface area is 207 Å². The number of piperazine rings is 1. The highest BCUT2D eigenvalue weighted by Crippen LogP contribution is 2.29. The number of benzene rings is 2. The number of nitrogens with zero attached hydrogens (tertiary/aromatic N) is 5. The lowest BCUT2D eigenvalue weighted by Crippen LogP contribution is -2.48. The van der Waals surface area contributed by atoms with E-state index in [1.54, 1.807) is 12.1 Å². The summed E-state index contributed by atoms with van der Waals surface area (Å²) in [4.78, 5) is 31.9. The van der Waals surface area contributed by atoms with E-state index in [1.165, 1.54) is 30.5 Å². The van der Waals surface area contributed by atoms with Crippen molar-refractivity contribution in [3.05, 3.63) is 69.6 Å². The second-order valence-electron chi connectivity index (χ2n) is 8.29. The van der Waals surface area contributed by atoms with Gasteiger partial charge in [-0.05, 0) is 18.6 Å². The van der Waals surface area contributed by atoms with E-state index in [4.69, 9.17) is 9.26 Å². The molecule has 0 atom stereocenters. The molecule has 0 spiro atoms. The monoisotopic (exact) mass is 497 g/mol. The number of hydrogen-bond donors (Lipinski definition) is 0. The summed E-state index contributed by atoms with van der Waals surface area (Å²) in [7, 11) is 1.40. The molecule has 0 radical (unpaired) electrons. The van der Waals surface area contributed by atoms with Crippen LogP contribution in [-0.4, -0.2) is 69.8 Å². The molecule has 0 saturated carbocycles. The normalized spacial score (nSPS) is 14.2. The maximum Gasteiger partial charge on any atom is 0.311 e. The summed E-state index contributed by atoms with van der Waals surface area (Å²) < 4.78 is 10.5. The zero-order valence-corrected chi connectivity index (χ0v) is 20.5. The van der Waals surface area contributed by atoms with Crippen molar-refractivity contribution in [1.29, 1.82) is 0 Å². The van der Waals surface area contributed by atoms with Crippen LogP contribution in [0.2, 0.25) is 0 Å². The number of aryl methyl sites for hydroxylation is 1. The second kappa shape index (κ2) is 11.3. The van der Waals surface area contributed by atoms with Crippen molar-refractivity contribution < 1.29 is 19.0 Å². The summed E-state index contributed by atoms with van der Waals surface area (Å²) in [6.07, 6.45) is 0. The van der Waals surface area contributed by atoms with Gasteiger partial charge in [-0.15, -0.1) is 11.8 Å². The minimum Gasteiger partial charge on any atom is -0.490 e. The van der Waals surface area contributed by atoms with E-state index in [9.17, 15) is 14.9 Å². The van der Waals surface area contributed by atoms with Crippen molar-refractivity contribution in [2.45, 2.75) is 19.2 Å². The van der Waals surface area contributed by atoms with Gasteiger partial charge in [0.2, 0.25) is 17.6 Å². The van der Waals surface area contributed by atoms with Gasteiger partial charge < -0.3 is 14.2 Å². The zero-order chi connectivity index (χ0) is 24.8. The van der Waals surface area contributed by atoms with E-state index < -0.39 is 4.92 Å². The van der Waals surface area contributed by atoms with Gasteiger partial charge in [-0.3, -0.25) is 19.8 Å². The number of nitro benzene ring substituents is 1. The van der Waals surface area contributed by atoms with Crippen molar-refractivity contribution in [2.75, 3.05) is 39.0 Å². The van der Waals surface area contributed by atoms with Crippen LogP contribution in [-0.2, 0) is 17.1 Å². The SMILES string of the molecule is COc1ccc(CSCC(=O)N2CCN(Cc3nc(-c4ccc(C)cc4)no3)CC2)cc1[N+](=O)[O-]. The smallest absolute Gasteiger partial charge is 0.311 e. The lowest BCUT2D eigenvalue weighted by atomic mass is 10.1. The number of carbonyl (C=O) groups excluding carboxylic acids is 1. The Morgan fingerprint density at radius 1 is 1.17 bits per heavy atom. The molecule has 184 valence electrons. The van der Waals surface area contributed by atoms with Crippen LogP contribution in [0.3, 0.4) is 0 Å². The van der Waals surface area contributed by atoms with Crippen LogP contribution >= 0.6 is 11.8 Å². The number of carbonyl (C=O) groups is 1. The van der Waals surface area contributed by atoms with Crippen LogP contribution in [0.25, 0.3) is 11.4 Å². The topological polar surface area (TPSA) is 115 Å². The molecule has 10 nitrogen and oxygen atoms in total. The van der Waals surface area contributed by atoms with Gasteiger partial charge in [-0.1, -0.05) is 41.1 Å². The minimum absolute atomic E-state index is 0.0668. The third-order valence-corrected chi connectivity index (χ3v) is 6.78. The van der Waals surface area contributed by atoms with E-state index in [-0.39, 0.29) is 17.3 Å². The van der Waals surface area contributed by atoms with Gasteiger partial charge in [0.05, 0.1) is 24.3 Å². The number of rotatable bonds is 9. The van der Waals surface area contributed by atoms with Crippen LogP contribution in [0.5, 0.6) is 5.75 Å². The molecule has 0 N–H and O–H groups in total. The Kier molecular flexibility index (Phi) is 7.98. The molecule has 4 rings (SSSR count). The molecule has 0 bridgehead atoms. The molecule has 1 aromatic heterocycles. The molecule has 0 aliphatic carbocycles. The van der Waals surface area contributed by atoms with Crippen molar-refractivity contribution >= 4 is 23.4 Å². The van der Waals surface area contributed by atoms with E-state index in [1.807, 2.05) is 36.1 Å². The fourth-order valence-electron chi connectivity index (χ4n) is 3.80. The molecule has 1 fully saturated rings. The Morgan fingerprint density at radius 2 is 1.91 bits per heavy atom. The van der Waals surface area contributed by atoms with Crippen LogP contribution in [0.15, 0.2) is 47.0 Å². The van der Waals surface area contributed by atoms with Crippen molar-refractivity contribution in [1.82, 2.24) is 19.9 Å². The van der Waals surface area contributed by atoms with Gasteiger partial charge in [0.1, 0.15) is 0 Å². The van der Waals surface area contributed by atoms with Crippen molar-refractivity contribution in [3.63, 3.8) is 0 Å². The molecule has 11 heteroatoms. The summed E-state index contributed by atoms with van der Waals surface area (Å²) in [5.41, 5.74) is 2.81. The average Bonchev–Trinajstić information content (AvgIpc) is 3.33. The van der Waals surface area contributed by atoms with E-state index in [2.05, 4.69) is 15.0 Å². The van der Waals surface area contributed by atoms with Gasteiger partial charge >= 0.3 is 5.69 Å². The highest BCUT2D eigenvalue weighted by Gasteiger charge is 2.23. The zero-order valence-electron chi connectivity index (χ0n) is 19.7. The molecule has 0 unspecified atom stereocenters. The molecule has 1 aliphatic heterocycles. The summed E-state index contributed by atoms with van der Waals surface area (Å²) in [5, 5.41) is 15.3. The van der Waals surface area contributed by atoms with Crippen LogP contribution in [0.1, 0.15) is 17.0 Å². The molecule has 1 aliphatic rings. The number of aromatic nitrogens is 2. The Bertz CT molecular complexity index is 1180. The quantitative estimate of drug-likeness (QED) is 0.323. The predicted molar refractivity (Wildman–Crippen MR) is 132 cm³/mol. The molecule has 2 heterocycles. The van der Waals surface area contributed by atoms with Gasteiger partial charge in [-0.25, -0.2) is 0 Å². The number of methoxy groups -OCH3 is 1. The lowest BCUT2D eigenvalue weighted by Gasteiger charge is -2.33. The second-order valence-corrected chi connectivity index (χ2v) is 9.28. The first-order valence-corrected chi connectivity index (χ1v) is 12.4. The van der Waals surface area contributed by atoms with E-state index >= 15 is 0 Å². The number of ether oxygens (including phenoxy) is 1. The first kappa shape index (κ1) is 24.7. The first-order chi connectivity index (χ1) is 16.9. The third kappa shape index (κ3) is 6.37. The Morgan fingerprint density at radius 3 is 2.60 bits per heavy atom. The molecular formula is C24H27N5O5S. The number of amides is 1. The standard InChI is InChI=1S/C24H27N5O5S/c1-17-3-6-19(7-4-17)24-25-22(34-26-24)14-27-9-11-28(12-10-27)23(30)16-35-15-18-5-8-21(33-2)20(13-18)29(31)32/h3-8,13H,9-12,14-16H2,1-2H3. The van der Waals surface area contributed by atoms with E-state index in [0.717, 1.165) is 24.2 Å². The van der Waals surface area contributed by atoms with Crippen molar-refractivity contribution in [3.8, 4) is 17.1 Å². The molecule has 35 heavy (non-hydrogen) atoms. The largest absolute Gasteiger partial charge is 0.490 e. The molecule has 3 aromatic rings. The Hall–Kier alpha value is -3.44. The molecular weight excluding hydrogens is 470 g/mol. The molecule has 1 amide bonds. The van der Waals surface area contributed by atoms with Gasteiger partial charge in [-0.2, -0.15) is 4.98 Å². The maximum atomic E-state index is 12.6. The summed E-state index contributed by atoms with van der Waals surface area (Å²) >= 11 is 1.45. The average molecular weight is 498 g/mol. The third-order valence-electron chi connectivity index (χ3n) is 5.80. The maximum absolute atomic E-state index is 12.6. The van der Waals surface area contributed by atoms with Gasteiger partial charge in [0.15, 0.2) is 5.75 Å². The number of hydrogen-bond acceptors (Lipinski definition) is 9. The molecule has 1 saturated heterocycles. The van der Waals surface area contributed by atoms with E-state index in [0.29, 0.717) is 42.9 Å². The van der Waals surface area contributed by atoms with Gasteiger partial charge in [0.25, 0.3) is 0 Å². The van der Waals surface area contributed by atoms with Gasteiger partial charge in [0, 0.05) is 43.6 Å². The van der Waals surface area contributed by atoms with Crippen LogP contribution < -0.4 is 4.74 Å². The molecule has 2 aromatic carbocycles. The fraction of sp³-hybridized carbons (Fsp3) is 0.375. The predicted octanol–water partition coefficient (Wildman–Crippen LogP) is 3.54. The number of nitro groups is 1. The first-order valence-electron chi connectivity index (χ1n) is 11.2. The highest BCUT2D eigenvalue weighted by molar-refractivity contribution is 7.99. The van der Waals surface area contributed by atoms with Crippen LogP contribution in [0.4, 0.5) is 5.69 Å². The summed E-state index contributed by atoms with van der Waals surface area (Å²) in [6.45, 7) is 5.29. The fourth-order valence-corrected chi connectivity index (χ4v) is 4.68. The summed E-state index contributed by atoms with van der Waals surface area (Å²) in [6, 6.07) is 12.8. The minimum atomic E-state index is -0.463. The highest BCUT2D eigenvalue weighted by atomic mass is 32.2. The number of thioether (sulfide) groups is 1. The Balaban J connectivity index is 1.21. The van der Waals surface area contributed by atoms with Crippen molar-refractivity contribution in [2.24, 2.45) is 0 Å². The van der Waals surface area contributed by atoms with Crippen LogP contribution in [0, 0.1) is 17.0 Å². The summed E-state index contributed by atoms with van der Waals surface area (Å²) in [5.74, 6) is 2.26.